The molecular weight excluding hydrogens is 476 g/mol. The molecule has 2 saturated carbocycles. The van der Waals surface area contributed by atoms with Gasteiger partial charge in [-0.05, 0) is 66.8 Å². The van der Waals surface area contributed by atoms with Crippen LogP contribution in [-0.4, -0.2) is 46.6 Å². The molecule has 1 aromatic carbocycles. The summed E-state index contributed by atoms with van der Waals surface area (Å²) in [5, 5.41) is 23.2. The molecule has 0 saturated heterocycles. The maximum absolute atomic E-state index is 14.5. The van der Waals surface area contributed by atoms with Crippen molar-refractivity contribution in [3.8, 4) is 17.2 Å². The molecule has 0 radical (unpaired) electrons. The predicted molar refractivity (Wildman–Crippen MR) is 129 cm³/mol. The van der Waals surface area contributed by atoms with Gasteiger partial charge in [-0.1, -0.05) is 19.9 Å². The molecule has 2 fully saturated rings. The third-order valence-electron chi connectivity index (χ3n) is 9.01. The number of fused-ring (bicyclic) bond motifs is 5. The second-order valence-corrected chi connectivity index (χ2v) is 11.0. The average molecular weight is 502 g/mol. The van der Waals surface area contributed by atoms with Crippen molar-refractivity contribution in [2.75, 3.05) is 6.61 Å². The monoisotopic (exact) mass is 501 g/mol. The van der Waals surface area contributed by atoms with Gasteiger partial charge in [-0.15, -0.1) is 10.2 Å². The third kappa shape index (κ3) is 2.90. The maximum atomic E-state index is 14.5. The molecule has 37 heavy (non-hydrogen) atoms. The lowest BCUT2D eigenvalue weighted by atomic mass is 9.66. The van der Waals surface area contributed by atoms with Crippen LogP contribution in [0.4, 0.5) is 8.78 Å². The topological polar surface area (TPSA) is 102 Å². The highest BCUT2D eigenvalue weighted by Gasteiger charge is 2.65. The zero-order valence-electron chi connectivity index (χ0n) is 20.5. The molecule has 3 aliphatic carbocycles. The number of hydrogen-bond acceptors (Lipinski definition) is 7. The van der Waals surface area contributed by atoms with E-state index in [4.69, 9.17) is 4.98 Å². The normalized spacial score (nSPS) is 24.3. The highest BCUT2D eigenvalue weighted by Crippen LogP contribution is 2.69. The van der Waals surface area contributed by atoms with E-state index in [0.29, 0.717) is 11.8 Å². The standard InChI is InChI=1S/C27H25F2N7O/c1-25(2)16-6-8-27(25,22-15(16)12-19(33-34-22)21-17(28)4-3-5-18(21)29)20-7-11-30-24(32-20)36-14-31-23(35-36)26(13-37)9-10-26/h3-5,7,11-12,14,16,37H,6,8-10,13H2,1-2H3/t16-,27-/m0/s1. The van der Waals surface area contributed by atoms with Crippen LogP contribution >= 0.6 is 0 Å². The second kappa shape index (κ2) is 7.44. The summed E-state index contributed by atoms with van der Waals surface area (Å²) < 4.78 is 30.6. The van der Waals surface area contributed by atoms with Crippen LogP contribution in [0.25, 0.3) is 17.2 Å². The van der Waals surface area contributed by atoms with Gasteiger partial charge in [0.25, 0.3) is 5.95 Å². The number of benzene rings is 1. The quantitative estimate of drug-likeness (QED) is 0.441. The molecule has 10 heteroatoms. The lowest BCUT2D eigenvalue weighted by Gasteiger charge is -2.37. The molecule has 8 nitrogen and oxygen atoms in total. The number of hydrogen-bond donors (Lipinski definition) is 1. The molecule has 1 N–H and O–H groups in total. The highest BCUT2D eigenvalue weighted by atomic mass is 19.1. The molecule has 0 spiro atoms. The molecule has 2 bridgehead atoms. The number of aromatic nitrogens is 7. The minimum Gasteiger partial charge on any atom is -0.395 e. The molecule has 7 rings (SSSR count). The number of aliphatic hydroxyl groups excluding tert-OH is 1. The zero-order valence-corrected chi connectivity index (χ0v) is 20.5. The van der Waals surface area contributed by atoms with Crippen LogP contribution < -0.4 is 0 Å². The van der Waals surface area contributed by atoms with E-state index in [2.05, 4.69) is 39.1 Å². The Labute approximate surface area is 211 Å². The van der Waals surface area contributed by atoms with Crippen molar-refractivity contribution in [1.82, 2.24) is 34.9 Å². The predicted octanol–water partition coefficient (Wildman–Crippen LogP) is 4.02. The first-order valence-corrected chi connectivity index (χ1v) is 12.5. The second-order valence-electron chi connectivity index (χ2n) is 11.0. The first kappa shape index (κ1) is 22.5. The Kier molecular flexibility index (Phi) is 4.53. The Hall–Kier alpha value is -3.66. The summed E-state index contributed by atoms with van der Waals surface area (Å²) in [6.45, 7) is 4.41. The van der Waals surface area contributed by atoms with Crippen molar-refractivity contribution in [3.05, 3.63) is 77.3 Å². The lowest BCUT2D eigenvalue weighted by molar-refractivity contribution is 0.242. The third-order valence-corrected chi connectivity index (χ3v) is 9.01. The molecule has 3 aliphatic rings. The smallest absolute Gasteiger partial charge is 0.252 e. The lowest BCUT2D eigenvalue weighted by Crippen LogP contribution is -2.38. The van der Waals surface area contributed by atoms with Crippen LogP contribution in [0.15, 0.2) is 42.9 Å². The summed E-state index contributed by atoms with van der Waals surface area (Å²) in [6, 6.07) is 7.51. The molecule has 4 aromatic rings. The van der Waals surface area contributed by atoms with E-state index in [1.807, 2.05) is 6.07 Å². The van der Waals surface area contributed by atoms with Gasteiger partial charge >= 0.3 is 0 Å². The molecule has 0 aliphatic heterocycles. The van der Waals surface area contributed by atoms with Crippen molar-refractivity contribution < 1.29 is 13.9 Å². The first-order valence-electron chi connectivity index (χ1n) is 12.5. The van der Waals surface area contributed by atoms with Gasteiger partial charge in [0, 0.05) is 6.20 Å². The molecule has 3 heterocycles. The van der Waals surface area contributed by atoms with Crippen LogP contribution in [0, 0.1) is 17.0 Å². The minimum atomic E-state index is -0.659. The van der Waals surface area contributed by atoms with E-state index in [1.165, 1.54) is 18.2 Å². The van der Waals surface area contributed by atoms with Crippen LogP contribution in [0.5, 0.6) is 0 Å². The highest BCUT2D eigenvalue weighted by molar-refractivity contribution is 5.64. The van der Waals surface area contributed by atoms with Crippen molar-refractivity contribution in [3.63, 3.8) is 0 Å². The van der Waals surface area contributed by atoms with Gasteiger partial charge in [0.1, 0.15) is 18.0 Å². The van der Waals surface area contributed by atoms with Crippen LogP contribution in [0.2, 0.25) is 0 Å². The van der Waals surface area contributed by atoms with Crippen molar-refractivity contribution in [1.29, 1.82) is 0 Å². The zero-order chi connectivity index (χ0) is 25.6. The largest absolute Gasteiger partial charge is 0.395 e. The first-order chi connectivity index (χ1) is 17.8. The summed E-state index contributed by atoms with van der Waals surface area (Å²) in [4.78, 5) is 13.8. The SMILES string of the molecule is CC1(C)[C@H]2CC[C@]1(c1ccnc(-n3cnc(C4(CO)CC4)n3)n1)c1nnc(-c3c(F)cccc3F)cc12. The van der Waals surface area contributed by atoms with Crippen LogP contribution in [0.1, 0.15) is 68.2 Å². The number of halogens is 2. The van der Waals surface area contributed by atoms with E-state index in [0.717, 1.165) is 42.6 Å². The van der Waals surface area contributed by atoms with Gasteiger partial charge in [-0.25, -0.2) is 23.7 Å². The molecule has 188 valence electrons. The Morgan fingerprint density at radius 3 is 2.57 bits per heavy atom. The fraction of sp³-hybridized carbons (Fsp3) is 0.407. The van der Waals surface area contributed by atoms with E-state index in [1.54, 1.807) is 23.3 Å². The molecule has 3 aromatic heterocycles. The molecule has 2 atom stereocenters. The number of nitrogens with zero attached hydrogens (tertiary/aromatic N) is 7. The van der Waals surface area contributed by atoms with Gasteiger partial charge in [-0.3, -0.25) is 0 Å². The van der Waals surface area contributed by atoms with Gasteiger partial charge < -0.3 is 5.11 Å². The molecule has 0 amide bonds. The van der Waals surface area contributed by atoms with Gasteiger partial charge in [0.2, 0.25) is 0 Å². The maximum Gasteiger partial charge on any atom is 0.252 e. The van der Waals surface area contributed by atoms with Gasteiger partial charge in [-0.2, -0.15) is 9.78 Å². The van der Waals surface area contributed by atoms with E-state index >= 15 is 0 Å². The average Bonchev–Trinajstić information content (AvgIpc) is 3.37. The summed E-state index contributed by atoms with van der Waals surface area (Å²) in [5.41, 5.74) is 1.47. The fourth-order valence-corrected chi connectivity index (χ4v) is 6.66. The number of aliphatic hydroxyl groups is 1. The van der Waals surface area contributed by atoms with Crippen LogP contribution in [0.3, 0.4) is 0 Å². The Bertz CT molecular complexity index is 1540. The molecule has 0 unspecified atom stereocenters. The summed E-state index contributed by atoms with van der Waals surface area (Å²) >= 11 is 0. The van der Waals surface area contributed by atoms with E-state index in [9.17, 15) is 13.9 Å². The van der Waals surface area contributed by atoms with Gasteiger partial charge in [0.05, 0.1) is 40.1 Å². The Balaban J connectivity index is 1.33. The Morgan fingerprint density at radius 2 is 1.84 bits per heavy atom. The summed E-state index contributed by atoms with van der Waals surface area (Å²) in [5.74, 6) is -0.179. The van der Waals surface area contributed by atoms with Gasteiger partial charge in [0.15, 0.2) is 5.82 Å². The van der Waals surface area contributed by atoms with Crippen molar-refractivity contribution in [2.45, 2.75) is 56.3 Å². The van der Waals surface area contributed by atoms with Crippen molar-refractivity contribution >= 4 is 0 Å². The summed E-state index contributed by atoms with van der Waals surface area (Å²) in [6.07, 6.45) is 6.75. The van der Waals surface area contributed by atoms with E-state index in [-0.39, 0.29) is 34.6 Å². The fourth-order valence-electron chi connectivity index (χ4n) is 6.66. The van der Waals surface area contributed by atoms with E-state index < -0.39 is 17.0 Å². The summed E-state index contributed by atoms with van der Waals surface area (Å²) in [7, 11) is 0. The van der Waals surface area contributed by atoms with Crippen molar-refractivity contribution in [2.24, 2.45) is 5.41 Å². The number of rotatable bonds is 5. The minimum absolute atomic E-state index is 0.0187. The van der Waals surface area contributed by atoms with Crippen LogP contribution in [-0.2, 0) is 10.8 Å². The molecular formula is C27H25F2N7O. The Morgan fingerprint density at radius 1 is 1.05 bits per heavy atom.